The van der Waals surface area contributed by atoms with Gasteiger partial charge in [-0.1, -0.05) is 71.1 Å². The maximum atomic E-state index is 6.40. The van der Waals surface area contributed by atoms with E-state index < -0.39 is 0 Å². The largest absolute Gasteiger partial charge is 0.380 e. The van der Waals surface area contributed by atoms with Crippen molar-refractivity contribution in [3.05, 3.63) is 0 Å². The second kappa shape index (κ2) is 11.6. The van der Waals surface area contributed by atoms with Crippen molar-refractivity contribution in [1.29, 1.82) is 0 Å². The van der Waals surface area contributed by atoms with Gasteiger partial charge in [-0.15, -0.1) is 0 Å². The lowest BCUT2D eigenvalue weighted by Gasteiger charge is -2.33. The van der Waals surface area contributed by atoms with E-state index in [1.807, 2.05) is 7.11 Å². The third-order valence-electron chi connectivity index (χ3n) is 4.95. The summed E-state index contributed by atoms with van der Waals surface area (Å²) in [5.41, 5.74) is 6.40. The monoisotopic (exact) mass is 283 g/mol. The molecular formula is C18H37NO. The maximum absolute atomic E-state index is 6.40. The molecule has 120 valence electrons. The number of rotatable bonds is 11. The molecule has 2 atom stereocenters. The Morgan fingerprint density at radius 1 is 0.950 bits per heavy atom. The number of hydrogen-bond donors (Lipinski definition) is 1. The molecule has 2 heteroatoms. The van der Waals surface area contributed by atoms with Gasteiger partial charge in [0.15, 0.2) is 0 Å². The Morgan fingerprint density at radius 3 is 2.15 bits per heavy atom. The van der Waals surface area contributed by atoms with Crippen molar-refractivity contribution in [1.82, 2.24) is 0 Å². The first-order valence-electron chi connectivity index (χ1n) is 9.08. The van der Waals surface area contributed by atoms with Crippen molar-refractivity contribution >= 4 is 0 Å². The van der Waals surface area contributed by atoms with Crippen LogP contribution in [0.5, 0.6) is 0 Å². The molecule has 2 N–H and O–H groups in total. The Kier molecular flexibility index (Phi) is 10.4. The number of hydrogen-bond acceptors (Lipinski definition) is 2. The van der Waals surface area contributed by atoms with Gasteiger partial charge in [0.1, 0.15) is 0 Å². The fourth-order valence-corrected chi connectivity index (χ4v) is 3.68. The zero-order valence-electron chi connectivity index (χ0n) is 13.9. The molecule has 1 saturated carbocycles. The molecule has 20 heavy (non-hydrogen) atoms. The number of nitrogens with two attached hydrogens (primary N) is 1. The molecule has 1 aliphatic carbocycles. The average molecular weight is 284 g/mol. The van der Waals surface area contributed by atoms with Crippen molar-refractivity contribution < 1.29 is 4.74 Å². The predicted octanol–water partition coefficient (Wildman–Crippen LogP) is 5.05. The number of ether oxygens (including phenoxy) is 1. The van der Waals surface area contributed by atoms with Crippen LogP contribution in [-0.4, -0.2) is 19.3 Å². The van der Waals surface area contributed by atoms with Crippen molar-refractivity contribution in [2.24, 2.45) is 11.7 Å². The Morgan fingerprint density at radius 2 is 1.55 bits per heavy atom. The van der Waals surface area contributed by atoms with E-state index in [1.165, 1.54) is 77.0 Å². The van der Waals surface area contributed by atoms with Gasteiger partial charge in [-0.05, 0) is 25.2 Å². The summed E-state index contributed by atoms with van der Waals surface area (Å²) < 4.78 is 5.74. The molecule has 0 saturated heterocycles. The molecule has 0 aromatic carbocycles. The Balaban J connectivity index is 2.11. The predicted molar refractivity (Wildman–Crippen MR) is 88.0 cm³/mol. The van der Waals surface area contributed by atoms with Crippen LogP contribution in [0.2, 0.25) is 0 Å². The van der Waals surface area contributed by atoms with E-state index >= 15 is 0 Å². The highest BCUT2D eigenvalue weighted by Crippen LogP contribution is 2.29. The molecule has 0 heterocycles. The van der Waals surface area contributed by atoms with Crippen LogP contribution in [0.4, 0.5) is 0 Å². The molecule has 1 aliphatic rings. The molecule has 2 nitrogen and oxygen atoms in total. The van der Waals surface area contributed by atoms with Gasteiger partial charge in [0.25, 0.3) is 0 Å². The van der Waals surface area contributed by atoms with Crippen molar-refractivity contribution in [2.45, 2.75) is 103 Å². The fraction of sp³-hybridized carbons (Fsp3) is 1.00. The minimum atomic E-state index is 0.249. The molecule has 1 rings (SSSR count). The lowest BCUT2D eigenvalue weighted by Crippen LogP contribution is -2.42. The van der Waals surface area contributed by atoms with Crippen LogP contribution in [0.1, 0.15) is 90.4 Å². The summed E-state index contributed by atoms with van der Waals surface area (Å²) in [4.78, 5) is 0. The Bertz CT molecular complexity index is 213. The second-order valence-electron chi connectivity index (χ2n) is 6.67. The second-order valence-corrected chi connectivity index (χ2v) is 6.67. The molecule has 0 aromatic rings. The van der Waals surface area contributed by atoms with Gasteiger partial charge >= 0.3 is 0 Å². The van der Waals surface area contributed by atoms with Gasteiger partial charge in [-0.2, -0.15) is 0 Å². The number of unbranched alkanes of at least 4 members (excludes halogenated alkanes) is 6. The molecule has 0 radical (unpaired) electrons. The van der Waals surface area contributed by atoms with Gasteiger partial charge in [0.05, 0.1) is 6.10 Å². The first-order chi connectivity index (χ1) is 9.79. The zero-order chi connectivity index (χ0) is 14.6. The highest BCUT2D eigenvalue weighted by molar-refractivity contribution is 4.82. The van der Waals surface area contributed by atoms with E-state index in [9.17, 15) is 0 Å². The maximum Gasteiger partial charge on any atom is 0.0750 e. The van der Waals surface area contributed by atoms with Gasteiger partial charge in [0, 0.05) is 13.2 Å². The van der Waals surface area contributed by atoms with Gasteiger partial charge in [-0.3, -0.25) is 0 Å². The van der Waals surface area contributed by atoms with Gasteiger partial charge in [0.2, 0.25) is 0 Å². The summed E-state index contributed by atoms with van der Waals surface area (Å²) in [5.74, 6) is 0.716. The summed E-state index contributed by atoms with van der Waals surface area (Å²) in [7, 11) is 1.85. The molecule has 0 spiro atoms. The molecule has 0 amide bonds. The quantitative estimate of drug-likeness (QED) is 0.538. The minimum absolute atomic E-state index is 0.249. The first kappa shape index (κ1) is 18.0. The van der Waals surface area contributed by atoms with E-state index in [0.717, 1.165) is 6.42 Å². The van der Waals surface area contributed by atoms with E-state index in [1.54, 1.807) is 0 Å². The molecular weight excluding hydrogens is 246 g/mol. The standard InChI is InChI=1S/C18H37NO/c1-3-4-5-6-7-8-12-15-17(19)18(20-2)16-13-10-9-11-14-16/h16-18H,3-15,19H2,1-2H3. The summed E-state index contributed by atoms with van der Waals surface area (Å²) in [6.07, 6.45) is 17.8. The fourth-order valence-electron chi connectivity index (χ4n) is 3.68. The van der Waals surface area contributed by atoms with Crippen LogP contribution in [0.25, 0.3) is 0 Å². The summed E-state index contributed by atoms with van der Waals surface area (Å²) >= 11 is 0. The topological polar surface area (TPSA) is 35.2 Å². The SMILES string of the molecule is CCCCCCCCCC(N)C(OC)C1CCCCC1. The van der Waals surface area contributed by atoms with Crippen LogP contribution < -0.4 is 5.73 Å². The summed E-state index contributed by atoms with van der Waals surface area (Å²) in [6.45, 7) is 2.27. The summed E-state index contributed by atoms with van der Waals surface area (Å²) in [6, 6.07) is 0.249. The van der Waals surface area contributed by atoms with E-state index in [0.29, 0.717) is 12.0 Å². The smallest absolute Gasteiger partial charge is 0.0750 e. The zero-order valence-corrected chi connectivity index (χ0v) is 13.9. The van der Waals surface area contributed by atoms with Crippen LogP contribution >= 0.6 is 0 Å². The van der Waals surface area contributed by atoms with Crippen LogP contribution in [0.15, 0.2) is 0 Å². The highest BCUT2D eigenvalue weighted by atomic mass is 16.5. The minimum Gasteiger partial charge on any atom is -0.380 e. The third-order valence-corrected chi connectivity index (χ3v) is 4.95. The van der Waals surface area contributed by atoms with E-state index in [4.69, 9.17) is 10.5 Å². The normalized spacial score (nSPS) is 19.9. The molecule has 2 unspecified atom stereocenters. The Labute approximate surface area is 126 Å². The highest BCUT2D eigenvalue weighted by Gasteiger charge is 2.28. The van der Waals surface area contributed by atoms with Crippen molar-refractivity contribution in [2.75, 3.05) is 7.11 Å². The van der Waals surface area contributed by atoms with Crippen LogP contribution in [-0.2, 0) is 4.74 Å². The average Bonchev–Trinajstić information content (AvgIpc) is 2.48. The molecule has 0 aliphatic heterocycles. The van der Waals surface area contributed by atoms with Gasteiger partial charge in [-0.25, -0.2) is 0 Å². The van der Waals surface area contributed by atoms with E-state index in [2.05, 4.69) is 6.92 Å². The molecule has 1 fully saturated rings. The third kappa shape index (κ3) is 7.08. The lowest BCUT2D eigenvalue weighted by molar-refractivity contribution is 0.0153. The molecule has 0 bridgehead atoms. The number of methoxy groups -OCH3 is 1. The molecule has 0 aromatic heterocycles. The van der Waals surface area contributed by atoms with E-state index in [-0.39, 0.29) is 6.04 Å². The summed E-state index contributed by atoms with van der Waals surface area (Å²) in [5, 5.41) is 0. The van der Waals surface area contributed by atoms with Crippen molar-refractivity contribution in [3.63, 3.8) is 0 Å². The first-order valence-corrected chi connectivity index (χ1v) is 9.08. The van der Waals surface area contributed by atoms with Crippen molar-refractivity contribution in [3.8, 4) is 0 Å². The Hall–Kier alpha value is -0.0800. The van der Waals surface area contributed by atoms with Crippen LogP contribution in [0, 0.1) is 5.92 Å². The van der Waals surface area contributed by atoms with Gasteiger partial charge < -0.3 is 10.5 Å². The van der Waals surface area contributed by atoms with Crippen LogP contribution in [0.3, 0.4) is 0 Å². The lowest BCUT2D eigenvalue weighted by atomic mass is 9.81.